The molecule has 1 rings (SSSR count). The molecule has 2 nitrogen and oxygen atoms in total. The molecule has 1 aromatic rings. The van der Waals surface area contributed by atoms with Crippen molar-refractivity contribution >= 4 is 6.29 Å². The normalized spacial score (nSPS) is 10.4. The van der Waals surface area contributed by atoms with Crippen LogP contribution >= 0.6 is 0 Å². The zero-order valence-electron chi connectivity index (χ0n) is 8.97. The molecule has 0 aromatic heterocycles. The topological polar surface area (TPSA) is 26.3 Å². The average molecular weight is 242 g/mol. The molecule has 17 heavy (non-hydrogen) atoms. The van der Waals surface area contributed by atoms with Gasteiger partial charge in [0.2, 0.25) is 0 Å². The summed E-state index contributed by atoms with van der Waals surface area (Å²) in [5.74, 6) is 4.99. The molecule has 0 unspecified atom stereocenters. The van der Waals surface area contributed by atoms with Gasteiger partial charge in [-0.15, -0.1) is 0 Å². The number of carbonyl (C=O) groups excluding carboxylic acids is 1. The van der Waals surface area contributed by atoms with Gasteiger partial charge in [-0.2, -0.15) is 13.2 Å². The van der Waals surface area contributed by atoms with Gasteiger partial charge in [-0.05, 0) is 18.2 Å². The Morgan fingerprint density at radius 2 is 2.06 bits per heavy atom. The van der Waals surface area contributed by atoms with Crippen molar-refractivity contribution in [1.82, 2.24) is 0 Å². The van der Waals surface area contributed by atoms with Crippen molar-refractivity contribution in [2.45, 2.75) is 12.6 Å². The third-order valence-corrected chi connectivity index (χ3v) is 1.89. The molecule has 0 radical (unpaired) electrons. The zero-order chi connectivity index (χ0) is 12.9. The number of benzene rings is 1. The summed E-state index contributed by atoms with van der Waals surface area (Å²) in [5, 5.41) is 0. The molecule has 0 heterocycles. The highest BCUT2D eigenvalue weighted by Crippen LogP contribution is 2.32. The van der Waals surface area contributed by atoms with Crippen LogP contribution in [-0.2, 0) is 11.0 Å². The molecule has 0 fully saturated rings. The van der Waals surface area contributed by atoms with Gasteiger partial charge in [0.15, 0.2) is 0 Å². The predicted molar refractivity (Wildman–Crippen MR) is 55.6 cm³/mol. The lowest BCUT2D eigenvalue weighted by atomic mass is 10.1. The monoisotopic (exact) mass is 242 g/mol. The molecule has 0 aliphatic rings. The number of aldehydes is 1. The predicted octanol–water partition coefficient (Wildman–Crippen LogP) is 2.65. The molecule has 0 amide bonds. The second kappa shape index (κ2) is 5.39. The molecule has 0 spiro atoms. The van der Waals surface area contributed by atoms with Crippen molar-refractivity contribution in [2.24, 2.45) is 0 Å². The SMILES string of the molecule is COc1cc(C#CCC=O)cc(C(F)(F)F)c1. The molecule has 0 atom stereocenters. The quantitative estimate of drug-likeness (QED) is 0.588. The smallest absolute Gasteiger partial charge is 0.416 e. The lowest BCUT2D eigenvalue weighted by molar-refractivity contribution is -0.137. The zero-order valence-corrected chi connectivity index (χ0v) is 8.97. The second-order valence-corrected chi connectivity index (χ2v) is 3.12. The molecular formula is C12H9F3O2. The minimum atomic E-state index is -4.45. The van der Waals surface area contributed by atoms with Crippen LogP contribution in [0.2, 0.25) is 0 Å². The van der Waals surface area contributed by atoms with E-state index in [1.807, 2.05) is 0 Å². The van der Waals surface area contributed by atoms with Crippen LogP contribution in [0.15, 0.2) is 18.2 Å². The van der Waals surface area contributed by atoms with Crippen LogP contribution in [-0.4, -0.2) is 13.4 Å². The largest absolute Gasteiger partial charge is 0.497 e. The van der Waals surface area contributed by atoms with Crippen molar-refractivity contribution in [3.8, 4) is 17.6 Å². The summed E-state index contributed by atoms with van der Waals surface area (Å²) < 4.78 is 42.3. The van der Waals surface area contributed by atoms with Gasteiger partial charge < -0.3 is 9.53 Å². The molecule has 90 valence electrons. The highest BCUT2D eigenvalue weighted by Gasteiger charge is 2.31. The number of ether oxygens (including phenoxy) is 1. The molecule has 0 aliphatic carbocycles. The van der Waals surface area contributed by atoms with Gasteiger partial charge in [0.25, 0.3) is 0 Å². The summed E-state index contributed by atoms with van der Waals surface area (Å²) in [6.45, 7) is 0. The van der Waals surface area contributed by atoms with Gasteiger partial charge in [0.1, 0.15) is 12.0 Å². The van der Waals surface area contributed by atoms with E-state index in [1.54, 1.807) is 0 Å². The lowest BCUT2D eigenvalue weighted by Gasteiger charge is -2.09. The van der Waals surface area contributed by atoms with E-state index in [-0.39, 0.29) is 17.7 Å². The first kappa shape index (κ1) is 13.1. The van der Waals surface area contributed by atoms with Gasteiger partial charge in [0.05, 0.1) is 19.1 Å². The molecule has 0 aliphatic heterocycles. The van der Waals surface area contributed by atoms with E-state index < -0.39 is 11.7 Å². The third-order valence-electron chi connectivity index (χ3n) is 1.89. The summed E-state index contributed by atoms with van der Waals surface area (Å²) >= 11 is 0. The van der Waals surface area contributed by atoms with E-state index in [9.17, 15) is 18.0 Å². The second-order valence-electron chi connectivity index (χ2n) is 3.12. The molecular weight excluding hydrogens is 233 g/mol. The number of alkyl halides is 3. The van der Waals surface area contributed by atoms with Crippen LogP contribution in [0.25, 0.3) is 0 Å². The van der Waals surface area contributed by atoms with Crippen molar-refractivity contribution in [2.75, 3.05) is 7.11 Å². The van der Waals surface area contributed by atoms with Gasteiger partial charge in [-0.3, -0.25) is 0 Å². The van der Waals surface area contributed by atoms with Crippen LogP contribution in [0, 0.1) is 11.8 Å². The summed E-state index contributed by atoms with van der Waals surface area (Å²) in [7, 11) is 1.28. The van der Waals surface area contributed by atoms with E-state index in [4.69, 9.17) is 4.74 Å². The Morgan fingerprint density at radius 3 is 2.59 bits per heavy atom. The molecule has 0 saturated carbocycles. The minimum Gasteiger partial charge on any atom is -0.497 e. The Kier molecular flexibility index (Phi) is 4.16. The maximum absolute atomic E-state index is 12.5. The highest BCUT2D eigenvalue weighted by molar-refractivity contribution is 5.55. The maximum atomic E-state index is 12.5. The Bertz CT molecular complexity index is 467. The molecule has 0 saturated heterocycles. The van der Waals surface area contributed by atoms with Crippen LogP contribution in [0.3, 0.4) is 0 Å². The fourth-order valence-corrected chi connectivity index (χ4v) is 1.15. The van der Waals surface area contributed by atoms with E-state index in [0.717, 1.165) is 12.1 Å². The van der Waals surface area contributed by atoms with Crippen molar-refractivity contribution in [3.63, 3.8) is 0 Å². The number of rotatable bonds is 2. The molecule has 0 N–H and O–H groups in total. The highest BCUT2D eigenvalue weighted by atomic mass is 19.4. The Hall–Kier alpha value is -1.96. The standard InChI is InChI=1S/C12H9F3O2/c1-17-11-7-9(4-2-3-5-16)6-10(8-11)12(13,14)15/h5-8H,3H2,1H3. The van der Waals surface area contributed by atoms with E-state index in [0.29, 0.717) is 6.29 Å². The van der Waals surface area contributed by atoms with E-state index in [2.05, 4.69) is 11.8 Å². The third kappa shape index (κ3) is 3.83. The van der Waals surface area contributed by atoms with Crippen LogP contribution in [0.5, 0.6) is 5.75 Å². The first-order valence-electron chi connectivity index (χ1n) is 4.66. The Labute approximate surface area is 96.4 Å². The molecule has 5 heteroatoms. The first-order valence-corrected chi connectivity index (χ1v) is 4.66. The van der Waals surface area contributed by atoms with E-state index in [1.165, 1.54) is 13.2 Å². The lowest BCUT2D eigenvalue weighted by Crippen LogP contribution is -2.05. The van der Waals surface area contributed by atoms with Crippen molar-refractivity contribution in [3.05, 3.63) is 29.3 Å². The summed E-state index contributed by atoms with van der Waals surface area (Å²) in [5.41, 5.74) is -0.661. The number of hydrogen-bond acceptors (Lipinski definition) is 2. The van der Waals surface area contributed by atoms with Gasteiger partial charge in [-0.1, -0.05) is 11.8 Å². The van der Waals surface area contributed by atoms with Gasteiger partial charge in [-0.25, -0.2) is 0 Å². The Morgan fingerprint density at radius 1 is 1.35 bits per heavy atom. The van der Waals surface area contributed by atoms with Crippen molar-refractivity contribution in [1.29, 1.82) is 0 Å². The molecule has 1 aromatic carbocycles. The Balaban J connectivity index is 3.15. The number of methoxy groups -OCH3 is 1. The molecule has 0 bridgehead atoms. The van der Waals surface area contributed by atoms with E-state index >= 15 is 0 Å². The summed E-state index contributed by atoms with van der Waals surface area (Å²) in [6.07, 6.45) is -3.88. The number of hydrogen-bond donors (Lipinski definition) is 0. The van der Waals surface area contributed by atoms with Crippen LogP contribution in [0.1, 0.15) is 17.5 Å². The summed E-state index contributed by atoms with van der Waals surface area (Å²) in [4.78, 5) is 10.0. The summed E-state index contributed by atoms with van der Waals surface area (Å²) in [6, 6.07) is 3.19. The van der Waals surface area contributed by atoms with Crippen LogP contribution < -0.4 is 4.74 Å². The fraction of sp³-hybridized carbons (Fsp3) is 0.250. The number of carbonyl (C=O) groups is 1. The van der Waals surface area contributed by atoms with Gasteiger partial charge >= 0.3 is 6.18 Å². The maximum Gasteiger partial charge on any atom is 0.416 e. The van der Waals surface area contributed by atoms with Crippen LogP contribution in [0.4, 0.5) is 13.2 Å². The first-order chi connectivity index (χ1) is 7.97. The fourth-order valence-electron chi connectivity index (χ4n) is 1.15. The average Bonchev–Trinajstić information content (AvgIpc) is 2.28. The van der Waals surface area contributed by atoms with Gasteiger partial charge in [0, 0.05) is 5.56 Å². The minimum absolute atomic E-state index is 0.0153. The number of halogens is 3. The van der Waals surface area contributed by atoms with Crippen molar-refractivity contribution < 1.29 is 22.7 Å².